The maximum Gasteiger partial charge on any atom is 0.193 e. The van der Waals surface area contributed by atoms with E-state index in [0.717, 1.165) is 11.1 Å². The Morgan fingerprint density at radius 1 is 0.542 bits per heavy atom. The molecule has 3 aromatic rings. The number of rotatable bonds is 4. The summed E-state index contributed by atoms with van der Waals surface area (Å²) in [7, 11) is 0. The molecule has 0 aromatic heterocycles. The van der Waals surface area contributed by atoms with Gasteiger partial charge in [-0.3, -0.25) is 9.59 Å². The second kappa shape index (κ2) is 6.63. The first-order valence-corrected chi connectivity index (χ1v) is 7.88. The Labute approximate surface area is 141 Å². The molecule has 3 aromatic carbocycles. The van der Waals surface area contributed by atoms with Gasteiger partial charge in [-0.05, 0) is 25.0 Å². The monoisotopic (exact) mass is 314 g/mol. The molecule has 118 valence electrons. The van der Waals surface area contributed by atoms with Crippen molar-refractivity contribution in [3.05, 3.63) is 106 Å². The number of hydrogen-bond donors (Lipinski definition) is 0. The van der Waals surface area contributed by atoms with Gasteiger partial charge in [-0.1, -0.05) is 72.8 Å². The van der Waals surface area contributed by atoms with Crippen LogP contribution >= 0.6 is 0 Å². The molecule has 2 heteroatoms. The summed E-state index contributed by atoms with van der Waals surface area (Å²) in [5.41, 5.74) is 4.45. The fourth-order valence-electron chi connectivity index (χ4n) is 2.74. The van der Waals surface area contributed by atoms with Crippen LogP contribution in [0.15, 0.2) is 72.8 Å². The second-order valence-electron chi connectivity index (χ2n) is 5.87. The van der Waals surface area contributed by atoms with Crippen LogP contribution in [0.2, 0.25) is 0 Å². The van der Waals surface area contributed by atoms with Crippen molar-refractivity contribution in [2.45, 2.75) is 13.8 Å². The highest BCUT2D eigenvalue weighted by Gasteiger charge is 2.14. The van der Waals surface area contributed by atoms with Crippen LogP contribution in [-0.2, 0) is 0 Å². The van der Waals surface area contributed by atoms with Gasteiger partial charge in [-0.25, -0.2) is 0 Å². The molecule has 0 N–H and O–H groups in total. The van der Waals surface area contributed by atoms with E-state index in [-0.39, 0.29) is 11.6 Å². The van der Waals surface area contributed by atoms with Gasteiger partial charge in [-0.2, -0.15) is 0 Å². The topological polar surface area (TPSA) is 34.1 Å². The van der Waals surface area contributed by atoms with Crippen LogP contribution in [-0.4, -0.2) is 11.6 Å². The van der Waals surface area contributed by atoms with Gasteiger partial charge in [0.1, 0.15) is 0 Å². The van der Waals surface area contributed by atoms with Crippen LogP contribution < -0.4 is 0 Å². The van der Waals surface area contributed by atoms with Gasteiger partial charge >= 0.3 is 0 Å². The fourth-order valence-corrected chi connectivity index (χ4v) is 2.74. The number of ketones is 2. The summed E-state index contributed by atoms with van der Waals surface area (Å²) in [5.74, 6) is -0.0500. The Hall–Kier alpha value is -3.00. The van der Waals surface area contributed by atoms with E-state index in [1.54, 1.807) is 24.3 Å². The lowest BCUT2D eigenvalue weighted by atomic mass is 9.95. The van der Waals surface area contributed by atoms with Gasteiger partial charge in [0.15, 0.2) is 11.6 Å². The van der Waals surface area contributed by atoms with Crippen molar-refractivity contribution in [2.24, 2.45) is 0 Å². The molecule has 0 unspecified atom stereocenters. The molecule has 24 heavy (non-hydrogen) atoms. The highest BCUT2D eigenvalue weighted by Crippen LogP contribution is 2.17. The summed E-state index contributed by atoms with van der Waals surface area (Å²) in [4.78, 5) is 25.2. The van der Waals surface area contributed by atoms with Crippen molar-refractivity contribution in [1.82, 2.24) is 0 Å². The summed E-state index contributed by atoms with van der Waals surface area (Å²) in [6.45, 7) is 3.84. The molecule has 0 saturated heterocycles. The zero-order valence-electron chi connectivity index (χ0n) is 13.7. The minimum Gasteiger partial charge on any atom is -0.289 e. The van der Waals surface area contributed by atoms with Crippen molar-refractivity contribution in [2.75, 3.05) is 0 Å². The summed E-state index contributed by atoms with van der Waals surface area (Å²) in [5, 5.41) is 0. The van der Waals surface area contributed by atoms with Crippen LogP contribution in [0, 0.1) is 13.8 Å². The first-order valence-electron chi connectivity index (χ1n) is 7.88. The Morgan fingerprint density at radius 3 is 1.21 bits per heavy atom. The molecule has 0 atom stereocenters. The Kier molecular flexibility index (Phi) is 4.39. The van der Waals surface area contributed by atoms with Crippen molar-refractivity contribution in [1.29, 1.82) is 0 Å². The molecule has 3 rings (SSSR count). The fraction of sp³-hybridized carbons (Fsp3) is 0.0909. The number of carbonyl (C=O) groups excluding carboxylic acids is 2. The number of hydrogen-bond acceptors (Lipinski definition) is 2. The normalized spacial score (nSPS) is 10.4. The quantitative estimate of drug-likeness (QED) is 0.650. The molecule has 2 nitrogen and oxygen atoms in total. The Bertz CT molecular complexity index is 829. The van der Waals surface area contributed by atoms with Gasteiger partial charge in [0.2, 0.25) is 0 Å². The summed E-state index contributed by atoms with van der Waals surface area (Å²) in [6.07, 6.45) is 0. The smallest absolute Gasteiger partial charge is 0.193 e. The highest BCUT2D eigenvalue weighted by atomic mass is 16.1. The van der Waals surface area contributed by atoms with Crippen LogP contribution in [0.25, 0.3) is 0 Å². The third kappa shape index (κ3) is 3.04. The van der Waals surface area contributed by atoms with Crippen molar-refractivity contribution >= 4 is 11.6 Å². The molecule has 0 spiro atoms. The summed E-state index contributed by atoms with van der Waals surface area (Å²) < 4.78 is 0. The van der Waals surface area contributed by atoms with Crippen molar-refractivity contribution in [3.63, 3.8) is 0 Å². The lowest BCUT2D eigenvalue weighted by Gasteiger charge is -2.07. The summed E-state index contributed by atoms with van der Waals surface area (Å²) >= 11 is 0. The van der Waals surface area contributed by atoms with Gasteiger partial charge in [0, 0.05) is 22.3 Å². The third-order valence-electron chi connectivity index (χ3n) is 4.19. The summed E-state index contributed by atoms with van der Waals surface area (Å²) in [6, 6.07) is 21.9. The maximum absolute atomic E-state index is 12.6. The van der Waals surface area contributed by atoms with E-state index >= 15 is 0 Å². The average Bonchev–Trinajstić information content (AvgIpc) is 2.61. The molecule has 0 bridgehead atoms. The maximum atomic E-state index is 12.6. The lowest BCUT2D eigenvalue weighted by Crippen LogP contribution is -2.06. The molecule has 0 aliphatic rings. The minimum atomic E-state index is -0.0250. The predicted molar refractivity (Wildman–Crippen MR) is 95.7 cm³/mol. The number of aryl methyl sites for hydroxylation is 2. The van der Waals surface area contributed by atoms with Crippen molar-refractivity contribution < 1.29 is 9.59 Å². The molecule has 0 saturated carbocycles. The Balaban J connectivity index is 1.89. The molecular weight excluding hydrogens is 296 g/mol. The molecule has 0 aliphatic heterocycles. The van der Waals surface area contributed by atoms with E-state index in [9.17, 15) is 9.59 Å². The largest absolute Gasteiger partial charge is 0.289 e. The molecular formula is C22H18O2. The van der Waals surface area contributed by atoms with Crippen LogP contribution in [0.4, 0.5) is 0 Å². The van der Waals surface area contributed by atoms with E-state index in [1.165, 1.54) is 0 Å². The van der Waals surface area contributed by atoms with E-state index < -0.39 is 0 Å². The van der Waals surface area contributed by atoms with Gasteiger partial charge in [0.25, 0.3) is 0 Å². The molecule has 0 heterocycles. The number of benzene rings is 3. The first kappa shape index (κ1) is 15.9. The van der Waals surface area contributed by atoms with E-state index in [1.807, 2.05) is 62.4 Å². The van der Waals surface area contributed by atoms with Gasteiger partial charge in [0.05, 0.1) is 0 Å². The molecule has 0 fully saturated rings. The van der Waals surface area contributed by atoms with Gasteiger partial charge in [-0.15, -0.1) is 0 Å². The SMILES string of the molecule is Cc1ccccc1C(=O)c1ccc(C(=O)c2ccccc2C)cc1. The predicted octanol–water partition coefficient (Wildman–Crippen LogP) is 4.77. The first-order chi connectivity index (χ1) is 11.6. The molecule has 0 amide bonds. The van der Waals surface area contributed by atoms with Crippen molar-refractivity contribution in [3.8, 4) is 0 Å². The third-order valence-corrected chi connectivity index (χ3v) is 4.19. The van der Waals surface area contributed by atoms with Crippen LogP contribution in [0.3, 0.4) is 0 Å². The van der Waals surface area contributed by atoms with E-state index in [2.05, 4.69) is 0 Å². The second-order valence-corrected chi connectivity index (χ2v) is 5.87. The highest BCUT2D eigenvalue weighted by molar-refractivity contribution is 6.12. The zero-order valence-corrected chi connectivity index (χ0v) is 13.7. The van der Waals surface area contributed by atoms with Crippen LogP contribution in [0.1, 0.15) is 43.0 Å². The Morgan fingerprint density at radius 2 is 0.875 bits per heavy atom. The van der Waals surface area contributed by atoms with E-state index in [4.69, 9.17) is 0 Å². The van der Waals surface area contributed by atoms with E-state index in [0.29, 0.717) is 22.3 Å². The standard InChI is InChI=1S/C22H18O2/c1-15-7-3-5-9-19(15)21(23)17-11-13-18(14-12-17)22(24)20-10-6-4-8-16(20)2/h3-14H,1-2H3. The lowest BCUT2D eigenvalue weighted by molar-refractivity contribution is 0.102. The molecule has 0 aliphatic carbocycles. The van der Waals surface area contributed by atoms with Gasteiger partial charge < -0.3 is 0 Å². The minimum absolute atomic E-state index is 0.0250. The zero-order chi connectivity index (χ0) is 17.1. The molecule has 0 radical (unpaired) electrons. The average molecular weight is 314 g/mol. The van der Waals surface area contributed by atoms with Crippen LogP contribution in [0.5, 0.6) is 0 Å². The number of carbonyl (C=O) groups is 2.